The zero-order valence-electron chi connectivity index (χ0n) is 10.7. The highest BCUT2D eigenvalue weighted by Gasteiger charge is 2.16. The number of nitriles is 1. The van der Waals surface area contributed by atoms with Crippen LogP contribution >= 0.6 is 15.9 Å². The summed E-state index contributed by atoms with van der Waals surface area (Å²) in [6, 6.07) is 8.50. The van der Waals surface area contributed by atoms with Gasteiger partial charge in [0.2, 0.25) is 0 Å². The number of halogens is 1. The molecule has 0 amide bonds. The van der Waals surface area contributed by atoms with Crippen LogP contribution in [0.25, 0.3) is 0 Å². The van der Waals surface area contributed by atoms with Crippen LogP contribution in [-0.2, 0) is 0 Å². The van der Waals surface area contributed by atoms with Crippen LogP contribution in [-0.4, -0.2) is 6.54 Å². The number of rotatable bonds is 5. The van der Waals surface area contributed by atoms with E-state index >= 15 is 0 Å². The van der Waals surface area contributed by atoms with E-state index in [0.717, 1.165) is 23.1 Å². The van der Waals surface area contributed by atoms with Crippen molar-refractivity contribution in [1.82, 2.24) is 0 Å². The van der Waals surface area contributed by atoms with E-state index in [1.54, 1.807) is 0 Å². The zero-order valence-corrected chi connectivity index (χ0v) is 12.3. The zero-order chi connectivity index (χ0) is 12.9. The van der Waals surface area contributed by atoms with Gasteiger partial charge in [0.15, 0.2) is 0 Å². The molecule has 0 aliphatic heterocycles. The molecule has 0 fully saturated rings. The lowest BCUT2D eigenvalue weighted by molar-refractivity contribution is 0.364. The minimum Gasteiger partial charge on any atom is -0.384 e. The summed E-state index contributed by atoms with van der Waals surface area (Å²) in [5.41, 5.74) is 2.50. The van der Waals surface area contributed by atoms with E-state index in [1.807, 2.05) is 0 Å². The lowest BCUT2D eigenvalue weighted by atomic mass is 9.88. The molecule has 17 heavy (non-hydrogen) atoms. The first-order valence-corrected chi connectivity index (χ1v) is 6.60. The van der Waals surface area contributed by atoms with E-state index in [0.29, 0.717) is 6.42 Å². The molecule has 0 bridgehead atoms. The maximum absolute atomic E-state index is 8.61. The molecule has 0 heterocycles. The predicted octanol–water partition coefficient (Wildman–Crippen LogP) is 4.50. The summed E-state index contributed by atoms with van der Waals surface area (Å²) in [6.07, 6.45) is 1.54. The Morgan fingerprint density at radius 3 is 2.65 bits per heavy atom. The fourth-order valence-electron chi connectivity index (χ4n) is 1.66. The number of hydrogen-bond acceptors (Lipinski definition) is 2. The number of hydrogen-bond donors (Lipinski definition) is 1. The van der Waals surface area contributed by atoms with Gasteiger partial charge in [-0.3, -0.25) is 0 Å². The Bertz CT molecular complexity index is 398. The second-order valence-electron chi connectivity index (χ2n) is 5.19. The smallest absolute Gasteiger partial charge is 0.0621 e. The van der Waals surface area contributed by atoms with Gasteiger partial charge in [0.25, 0.3) is 0 Å². The number of aryl methyl sites for hydroxylation is 1. The third kappa shape index (κ3) is 5.23. The average Bonchev–Trinajstić information content (AvgIpc) is 2.23. The third-order valence-corrected chi connectivity index (χ3v) is 3.18. The molecule has 0 aromatic heterocycles. The van der Waals surface area contributed by atoms with E-state index in [2.05, 4.69) is 66.3 Å². The molecule has 0 aliphatic carbocycles. The fraction of sp³-hybridized carbons (Fsp3) is 0.500. The molecule has 0 saturated carbocycles. The molecule has 1 N–H and O–H groups in total. The summed E-state index contributed by atoms with van der Waals surface area (Å²) in [7, 11) is 0. The Kier molecular flexibility index (Phi) is 5.02. The second-order valence-corrected chi connectivity index (χ2v) is 6.11. The molecule has 0 radical (unpaired) electrons. The Morgan fingerprint density at radius 2 is 2.06 bits per heavy atom. The molecule has 0 atom stereocenters. The predicted molar refractivity (Wildman–Crippen MR) is 76.0 cm³/mol. The van der Waals surface area contributed by atoms with Crippen molar-refractivity contribution < 1.29 is 0 Å². The van der Waals surface area contributed by atoms with Gasteiger partial charge in [-0.25, -0.2) is 0 Å². The van der Waals surface area contributed by atoms with Gasteiger partial charge in [-0.2, -0.15) is 5.26 Å². The molecule has 1 aromatic rings. The van der Waals surface area contributed by atoms with Crippen molar-refractivity contribution >= 4 is 21.6 Å². The molecule has 3 heteroatoms. The Balaban J connectivity index is 2.58. The van der Waals surface area contributed by atoms with Crippen LogP contribution in [0, 0.1) is 23.7 Å². The van der Waals surface area contributed by atoms with Gasteiger partial charge in [-0.1, -0.05) is 29.8 Å². The number of nitrogens with zero attached hydrogens (tertiary/aromatic N) is 1. The summed E-state index contributed by atoms with van der Waals surface area (Å²) < 4.78 is 1.09. The molecule has 0 saturated heterocycles. The van der Waals surface area contributed by atoms with Gasteiger partial charge in [0, 0.05) is 23.1 Å². The minimum absolute atomic E-state index is 0.145. The van der Waals surface area contributed by atoms with Gasteiger partial charge in [0.05, 0.1) is 6.07 Å². The van der Waals surface area contributed by atoms with Gasteiger partial charge in [-0.05, 0) is 42.5 Å². The van der Waals surface area contributed by atoms with E-state index in [1.165, 1.54) is 5.56 Å². The molecule has 0 unspecified atom stereocenters. The second kappa shape index (κ2) is 6.07. The first-order chi connectivity index (χ1) is 7.93. The van der Waals surface area contributed by atoms with Crippen molar-refractivity contribution in [3.8, 4) is 6.07 Å². The molecule has 1 aromatic carbocycles. The van der Waals surface area contributed by atoms with E-state index in [4.69, 9.17) is 5.26 Å². The van der Waals surface area contributed by atoms with Gasteiger partial charge in [-0.15, -0.1) is 0 Å². The van der Waals surface area contributed by atoms with E-state index in [9.17, 15) is 0 Å². The van der Waals surface area contributed by atoms with Crippen molar-refractivity contribution in [2.24, 2.45) is 5.41 Å². The van der Waals surface area contributed by atoms with Crippen molar-refractivity contribution in [2.45, 2.75) is 33.6 Å². The fourth-order valence-corrected chi connectivity index (χ4v) is 2.27. The quantitative estimate of drug-likeness (QED) is 0.868. The highest BCUT2D eigenvalue weighted by molar-refractivity contribution is 9.10. The summed E-state index contributed by atoms with van der Waals surface area (Å²) in [6.45, 7) is 7.33. The molecule has 0 aliphatic rings. The number of anilines is 1. The van der Waals surface area contributed by atoms with Crippen molar-refractivity contribution in [2.75, 3.05) is 11.9 Å². The maximum atomic E-state index is 8.61. The molecular weight excluding hydrogens is 276 g/mol. The topological polar surface area (TPSA) is 35.8 Å². The summed E-state index contributed by atoms with van der Waals surface area (Å²) in [4.78, 5) is 0. The molecule has 1 rings (SSSR count). The molecular formula is C14H19BrN2. The SMILES string of the molecule is Cc1cc(Br)cc(NCC(C)(C)CCC#N)c1. The minimum atomic E-state index is 0.145. The van der Waals surface area contributed by atoms with E-state index < -0.39 is 0 Å². The van der Waals surface area contributed by atoms with E-state index in [-0.39, 0.29) is 5.41 Å². The van der Waals surface area contributed by atoms with Crippen LogP contribution in [0.4, 0.5) is 5.69 Å². The summed E-state index contributed by atoms with van der Waals surface area (Å²) >= 11 is 3.49. The summed E-state index contributed by atoms with van der Waals surface area (Å²) in [5, 5.41) is 12.0. The van der Waals surface area contributed by atoms with Crippen LogP contribution in [0.3, 0.4) is 0 Å². The first-order valence-electron chi connectivity index (χ1n) is 5.81. The van der Waals surface area contributed by atoms with Crippen LogP contribution in [0.1, 0.15) is 32.3 Å². The molecule has 0 spiro atoms. The molecule has 92 valence electrons. The Labute approximate surface area is 112 Å². The highest BCUT2D eigenvalue weighted by atomic mass is 79.9. The van der Waals surface area contributed by atoms with Crippen LogP contribution in [0.2, 0.25) is 0 Å². The monoisotopic (exact) mass is 294 g/mol. The van der Waals surface area contributed by atoms with Gasteiger partial charge >= 0.3 is 0 Å². The Hall–Kier alpha value is -1.01. The highest BCUT2D eigenvalue weighted by Crippen LogP contribution is 2.24. The number of benzene rings is 1. The van der Waals surface area contributed by atoms with Crippen LogP contribution in [0.5, 0.6) is 0 Å². The Morgan fingerprint density at radius 1 is 1.35 bits per heavy atom. The van der Waals surface area contributed by atoms with Crippen LogP contribution < -0.4 is 5.32 Å². The van der Waals surface area contributed by atoms with Crippen molar-refractivity contribution in [3.05, 3.63) is 28.2 Å². The van der Waals surface area contributed by atoms with Crippen molar-refractivity contribution in [1.29, 1.82) is 5.26 Å². The van der Waals surface area contributed by atoms with Crippen molar-refractivity contribution in [3.63, 3.8) is 0 Å². The lowest BCUT2D eigenvalue weighted by Gasteiger charge is -2.24. The van der Waals surface area contributed by atoms with Crippen LogP contribution in [0.15, 0.2) is 22.7 Å². The average molecular weight is 295 g/mol. The largest absolute Gasteiger partial charge is 0.384 e. The standard InChI is InChI=1S/C14H19BrN2/c1-11-7-12(15)9-13(8-11)17-10-14(2,3)5-4-6-16/h7-9,17H,4-5,10H2,1-3H3. The first kappa shape index (κ1) is 14.1. The third-order valence-electron chi connectivity index (χ3n) is 2.73. The van der Waals surface area contributed by atoms with Gasteiger partial charge < -0.3 is 5.32 Å². The summed E-state index contributed by atoms with van der Waals surface area (Å²) in [5.74, 6) is 0. The maximum Gasteiger partial charge on any atom is 0.0621 e. The lowest BCUT2D eigenvalue weighted by Crippen LogP contribution is -2.22. The number of nitrogens with one attached hydrogen (secondary N) is 1. The van der Waals surface area contributed by atoms with Gasteiger partial charge in [0.1, 0.15) is 0 Å². The normalized spacial score (nSPS) is 11.0. The molecule has 2 nitrogen and oxygen atoms in total.